The van der Waals surface area contributed by atoms with Crippen molar-refractivity contribution in [1.29, 1.82) is 0 Å². The van der Waals surface area contributed by atoms with Crippen LogP contribution in [0.2, 0.25) is 0 Å². The number of hydrogen-bond acceptors (Lipinski definition) is 4. The maximum atomic E-state index is 11.1. The highest BCUT2D eigenvalue weighted by atomic mass is 16.5. The first-order valence-corrected chi connectivity index (χ1v) is 5.17. The van der Waals surface area contributed by atoms with Crippen molar-refractivity contribution in [2.45, 2.75) is 31.6 Å². The molecule has 0 amide bonds. The Hall–Kier alpha value is -1.45. The maximum Gasteiger partial charge on any atom is 0.316 e. The lowest BCUT2D eigenvalue weighted by Gasteiger charge is -2.20. The van der Waals surface area contributed by atoms with Gasteiger partial charge in [-0.1, -0.05) is 0 Å². The molecule has 0 bridgehead atoms. The number of ether oxygens (including phenoxy) is 1. The van der Waals surface area contributed by atoms with E-state index in [1.54, 1.807) is 19.5 Å². The average Bonchev–Trinajstić information content (AvgIpc) is 2.30. The third-order valence-electron chi connectivity index (χ3n) is 2.85. The van der Waals surface area contributed by atoms with E-state index in [9.17, 15) is 4.79 Å². The zero-order chi connectivity index (χ0) is 10.7. The average molecular weight is 206 g/mol. The van der Waals surface area contributed by atoms with E-state index in [-0.39, 0.29) is 0 Å². The van der Waals surface area contributed by atoms with Crippen LogP contribution < -0.4 is 4.74 Å². The van der Waals surface area contributed by atoms with Crippen molar-refractivity contribution in [3.8, 4) is 6.01 Å². The molecule has 0 aliphatic heterocycles. The van der Waals surface area contributed by atoms with Crippen LogP contribution in [0.1, 0.15) is 37.2 Å². The third-order valence-corrected chi connectivity index (χ3v) is 2.85. The molecule has 1 aromatic heterocycles. The van der Waals surface area contributed by atoms with Crippen molar-refractivity contribution >= 4 is 5.78 Å². The van der Waals surface area contributed by atoms with Crippen LogP contribution in [0.3, 0.4) is 0 Å². The van der Waals surface area contributed by atoms with Crippen molar-refractivity contribution in [3.63, 3.8) is 0 Å². The molecule has 1 aromatic rings. The van der Waals surface area contributed by atoms with E-state index in [2.05, 4.69) is 9.97 Å². The van der Waals surface area contributed by atoms with Gasteiger partial charge in [0.25, 0.3) is 0 Å². The molecule has 4 heteroatoms. The first-order valence-electron chi connectivity index (χ1n) is 5.17. The van der Waals surface area contributed by atoms with Crippen LogP contribution in [-0.4, -0.2) is 22.9 Å². The Bertz CT molecular complexity index is 338. The number of Topliss-reactive ketones (excluding diaryl/α,β-unsaturated/α-hetero) is 1. The molecule has 1 saturated carbocycles. The largest absolute Gasteiger partial charge is 0.467 e. The molecule has 1 aliphatic rings. The monoisotopic (exact) mass is 206 g/mol. The fraction of sp³-hybridized carbons (Fsp3) is 0.545. The van der Waals surface area contributed by atoms with E-state index in [1.807, 2.05) is 0 Å². The van der Waals surface area contributed by atoms with Gasteiger partial charge in [-0.25, -0.2) is 9.97 Å². The molecule has 1 fully saturated rings. The summed E-state index contributed by atoms with van der Waals surface area (Å²) < 4.78 is 4.90. The summed E-state index contributed by atoms with van der Waals surface area (Å²) in [5, 5.41) is 0. The lowest BCUT2D eigenvalue weighted by atomic mass is 9.85. The zero-order valence-electron chi connectivity index (χ0n) is 8.77. The van der Waals surface area contributed by atoms with Crippen LogP contribution in [0.25, 0.3) is 0 Å². The van der Waals surface area contributed by atoms with Crippen molar-refractivity contribution in [3.05, 3.63) is 18.0 Å². The minimum atomic E-state index is 0.376. The molecule has 4 nitrogen and oxygen atoms in total. The van der Waals surface area contributed by atoms with E-state index >= 15 is 0 Å². The fourth-order valence-electron chi connectivity index (χ4n) is 1.92. The van der Waals surface area contributed by atoms with E-state index < -0.39 is 0 Å². The summed E-state index contributed by atoms with van der Waals surface area (Å²) in [5.74, 6) is 0.814. The molecule has 0 spiro atoms. The number of hydrogen-bond donors (Lipinski definition) is 0. The summed E-state index contributed by atoms with van der Waals surface area (Å²) in [6.07, 6.45) is 6.83. The van der Waals surface area contributed by atoms with Crippen molar-refractivity contribution in [2.75, 3.05) is 7.11 Å². The summed E-state index contributed by atoms with van der Waals surface area (Å²) in [5.41, 5.74) is 1.11. The number of nitrogens with zero attached hydrogens (tertiary/aromatic N) is 2. The highest BCUT2D eigenvalue weighted by Gasteiger charge is 2.20. The molecule has 1 aliphatic carbocycles. The number of ketones is 1. The molecule has 1 heterocycles. The van der Waals surface area contributed by atoms with Gasteiger partial charge in [-0.3, -0.25) is 4.79 Å². The van der Waals surface area contributed by atoms with Gasteiger partial charge in [0, 0.05) is 25.2 Å². The molecule has 0 N–H and O–H groups in total. The Balaban J connectivity index is 2.06. The van der Waals surface area contributed by atoms with Gasteiger partial charge in [0.1, 0.15) is 5.78 Å². The number of carbonyl (C=O) groups excluding carboxylic acids is 1. The molecule has 80 valence electrons. The van der Waals surface area contributed by atoms with Gasteiger partial charge in [0.15, 0.2) is 0 Å². The summed E-state index contributed by atoms with van der Waals surface area (Å²) in [4.78, 5) is 19.2. The van der Waals surface area contributed by atoms with Gasteiger partial charge in [-0.05, 0) is 24.3 Å². The zero-order valence-corrected chi connectivity index (χ0v) is 8.77. The highest BCUT2D eigenvalue weighted by Crippen LogP contribution is 2.30. The second-order valence-electron chi connectivity index (χ2n) is 3.82. The normalized spacial score (nSPS) is 17.8. The molecule has 15 heavy (non-hydrogen) atoms. The summed E-state index contributed by atoms with van der Waals surface area (Å²) in [6, 6.07) is 0.394. The predicted octanol–water partition coefficient (Wildman–Crippen LogP) is 1.71. The van der Waals surface area contributed by atoms with Crippen LogP contribution in [0.4, 0.5) is 0 Å². The second-order valence-corrected chi connectivity index (χ2v) is 3.82. The molecule has 0 radical (unpaired) electrons. The molecule has 0 saturated heterocycles. The van der Waals surface area contributed by atoms with Crippen LogP contribution in [0.5, 0.6) is 6.01 Å². The molecule has 0 aromatic carbocycles. The van der Waals surface area contributed by atoms with E-state index in [1.165, 1.54) is 0 Å². The Labute approximate surface area is 88.7 Å². The third kappa shape index (κ3) is 2.32. The van der Waals surface area contributed by atoms with E-state index in [4.69, 9.17) is 4.74 Å². The Morgan fingerprint density at radius 1 is 1.27 bits per heavy atom. The van der Waals surface area contributed by atoms with E-state index in [0.29, 0.717) is 30.6 Å². The van der Waals surface area contributed by atoms with Crippen LogP contribution >= 0.6 is 0 Å². The SMILES string of the molecule is COc1ncc(C2CCC(=O)CC2)cn1. The standard InChI is InChI=1S/C11H14N2O2/c1-15-11-12-6-9(7-13-11)8-2-4-10(14)5-3-8/h6-8H,2-5H2,1H3. The van der Waals surface area contributed by atoms with Gasteiger partial charge in [-0.15, -0.1) is 0 Å². The van der Waals surface area contributed by atoms with Crippen molar-refractivity contribution < 1.29 is 9.53 Å². The van der Waals surface area contributed by atoms with Gasteiger partial charge < -0.3 is 4.74 Å². The van der Waals surface area contributed by atoms with Gasteiger partial charge in [0.05, 0.1) is 7.11 Å². The van der Waals surface area contributed by atoms with Gasteiger partial charge in [0.2, 0.25) is 0 Å². The molecular formula is C11H14N2O2. The lowest BCUT2D eigenvalue weighted by Crippen LogP contribution is -2.12. The van der Waals surface area contributed by atoms with Crippen LogP contribution in [-0.2, 0) is 4.79 Å². The van der Waals surface area contributed by atoms with Crippen LogP contribution in [0.15, 0.2) is 12.4 Å². The van der Waals surface area contributed by atoms with Gasteiger partial charge in [-0.2, -0.15) is 0 Å². The maximum absolute atomic E-state index is 11.1. The predicted molar refractivity (Wildman–Crippen MR) is 54.8 cm³/mol. The van der Waals surface area contributed by atoms with Gasteiger partial charge >= 0.3 is 6.01 Å². The smallest absolute Gasteiger partial charge is 0.316 e. The molecule has 2 rings (SSSR count). The minimum absolute atomic E-state index is 0.376. The Morgan fingerprint density at radius 3 is 2.40 bits per heavy atom. The topological polar surface area (TPSA) is 52.1 Å². The lowest BCUT2D eigenvalue weighted by molar-refractivity contribution is -0.120. The molecule has 0 unspecified atom stereocenters. The van der Waals surface area contributed by atoms with E-state index in [0.717, 1.165) is 18.4 Å². The van der Waals surface area contributed by atoms with Crippen LogP contribution in [0, 0.1) is 0 Å². The highest BCUT2D eigenvalue weighted by molar-refractivity contribution is 5.79. The number of carbonyl (C=O) groups is 1. The fourth-order valence-corrected chi connectivity index (χ4v) is 1.92. The summed E-state index contributed by atoms with van der Waals surface area (Å²) >= 11 is 0. The Morgan fingerprint density at radius 2 is 1.87 bits per heavy atom. The molecule has 0 atom stereocenters. The number of aromatic nitrogens is 2. The summed E-state index contributed by atoms with van der Waals surface area (Å²) in [6.45, 7) is 0. The first kappa shape index (κ1) is 10.1. The minimum Gasteiger partial charge on any atom is -0.467 e. The molecular weight excluding hydrogens is 192 g/mol. The number of methoxy groups -OCH3 is 1. The number of rotatable bonds is 2. The van der Waals surface area contributed by atoms with Crippen molar-refractivity contribution in [1.82, 2.24) is 9.97 Å². The van der Waals surface area contributed by atoms with Crippen molar-refractivity contribution in [2.24, 2.45) is 0 Å². The summed E-state index contributed by atoms with van der Waals surface area (Å²) in [7, 11) is 1.55. The Kier molecular flexibility index (Phi) is 2.94. The first-order chi connectivity index (χ1) is 7.29. The quantitative estimate of drug-likeness (QED) is 0.739. The second kappa shape index (κ2) is 4.38.